The Morgan fingerprint density at radius 2 is 2.23 bits per heavy atom. The second kappa shape index (κ2) is 6.75. The number of imidazole rings is 1. The molecule has 1 aliphatic heterocycles. The molecule has 0 spiro atoms. The van der Waals surface area contributed by atoms with Gasteiger partial charge >= 0.3 is 0 Å². The highest BCUT2D eigenvalue weighted by molar-refractivity contribution is 5.71. The lowest BCUT2D eigenvalue weighted by molar-refractivity contribution is 0.0645. The fourth-order valence-corrected chi connectivity index (χ4v) is 3.52. The topological polar surface area (TPSA) is 54.2 Å². The summed E-state index contributed by atoms with van der Waals surface area (Å²) in [5.41, 5.74) is 1.94. The van der Waals surface area contributed by atoms with Crippen LogP contribution in [0.2, 0.25) is 0 Å². The van der Waals surface area contributed by atoms with Crippen LogP contribution in [0.3, 0.4) is 0 Å². The summed E-state index contributed by atoms with van der Waals surface area (Å²) in [5, 5.41) is 9.18. The van der Waals surface area contributed by atoms with E-state index in [1.807, 2.05) is 18.3 Å². The largest absolute Gasteiger partial charge is 0.396 e. The average Bonchev–Trinajstić information content (AvgIpc) is 2.91. The third kappa shape index (κ3) is 2.88. The summed E-state index contributed by atoms with van der Waals surface area (Å²) in [6.45, 7) is 5.86. The number of hydrogen-bond acceptors (Lipinski definition) is 4. The Hall–Kier alpha value is -1.46. The zero-order valence-corrected chi connectivity index (χ0v) is 13.6. The van der Waals surface area contributed by atoms with Crippen molar-refractivity contribution in [2.45, 2.75) is 58.2 Å². The Morgan fingerprint density at radius 3 is 3.00 bits per heavy atom. The molecule has 1 unspecified atom stereocenters. The lowest BCUT2D eigenvalue weighted by Gasteiger charge is -2.40. The maximum absolute atomic E-state index is 9.18. The van der Waals surface area contributed by atoms with Crippen molar-refractivity contribution in [2.75, 3.05) is 13.2 Å². The van der Waals surface area contributed by atoms with E-state index in [9.17, 15) is 5.11 Å². The fraction of sp³-hybridized carbons (Fsp3) is 0.647. The smallest absolute Gasteiger partial charge is 0.161 e. The number of nitrogens with zero attached hydrogens (tertiary/aromatic N) is 4. The van der Waals surface area contributed by atoms with Gasteiger partial charge in [-0.15, -0.1) is 0 Å². The van der Waals surface area contributed by atoms with Crippen molar-refractivity contribution in [1.82, 2.24) is 19.4 Å². The summed E-state index contributed by atoms with van der Waals surface area (Å²) in [4.78, 5) is 11.9. The summed E-state index contributed by atoms with van der Waals surface area (Å²) in [6, 6.07) is 4.48. The van der Waals surface area contributed by atoms with Crippen molar-refractivity contribution < 1.29 is 5.11 Å². The molecule has 22 heavy (non-hydrogen) atoms. The number of rotatable bonds is 5. The van der Waals surface area contributed by atoms with Crippen LogP contribution in [0.5, 0.6) is 0 Å². The lowest BCUT2D eigenvalue weighted by atomic mass is 10.1. The predicted molar refractivity (Wildman–Crippen MR) is 87.7 cm³/mol. The van der Waals surface area contributed by atoms with E-state index in [2.05, 4.69) is 28.3 Å². The van der Waals surface area contributed by atoms with Crippen LogP contribution in [0.1, 0.15) is 51.5 Å². The van der Waals surface area contributed by atoms with Gasteiger partial charge in [0.1, 0.15) is 11.3 Å². The molecule has 0 radical (unpaired) electrons. The Morgan fingerprint density at radius 1 is 1.36 bits per heavy atom. The van der Waals surface area contributed by atoms with Gasteiger partial charge in [-0.3, -0.25) is 9.47 Å². The number of piperidine rings is 1. The Labute approximate surface area is 132 Å². The van der Waals surface area contributed by atoms with E-state index in [1.165, 1.54) is 12.8 Å². The molecule has 1 atom stereocenters. The minimum absolute atomic E-state index is 0.204. The molecule has 3 rings (SSSR count). The van der Waals surface area contributed by atoms with Crippen molar-refractivity contribution in [2.24, 2.45) is 0 Å². The summed E-state index contributed by atoms with van der Waals surface area (Å²) in [6.07, 6.45) is 7.39. The van der Waals surface area contributed by atoms with Crippen molar-refractivity contribution >= 4 is 11.2 Å². The summed E-state index contributed by atoms with van der Waals surface area (Å²) in [5.74, 6) is 1.06. The quantitative estimate of drug-likeness (QED) is 0.922. The van der Waals surface area contributed by atoms with E-state index in [-0.39, 0.29) is 6.61 Å². The number of aromatic nitrogens is 3. The van der Waals surface area contributed by atoms with Gasteiger partial charge in [0.15, 0.2) is 5.65 Å². The van der Waals surface area contributed by atoms with E-state index in [0.29, 0.717) is 12.2 Å². The fourth-order valence-electron chi connectivity index (χ4n) is 3.52. The van der Waals surface area contributed by atoms with Crippen LogP contribution in [-0.2, 0) is 6.42 Å². The standard InChI is InChI=1S/C17H26N4O/c1-13(2)20-11-4-3-9-16(20)21-15(8-6-12-22)19-14-7-5-10-18-17(14)21/h5,7,10,13,16,22H,3-4,6,8-9,11-12H2,1-2H3. The Balaban J connectivity index is 2.06. The number of aliphatic hydroxyl groups excluding tert-OH is 1. The van der Waals surface area contributed by atoms with Gasteiger partial charge in [0.2, 0.25) is 0 Å². The molecule has 0 aromatic carbocycles. The molecular weight excluding hydrogens is 276 g/mol. The molecule has 1 fully saturated rings. The highest BCUT2D eigenvalue weighted by Crippen LogP contribution is 2.32. The molecule has 0 amide bonds. The van der Waals surface area contributed by atoms with Gasteiger partial charge in [-0.1, -0.05) is 0 Å². The van der Waals surface area contributed by atoms with Crippen molar-refractivity contribution in [3.63, 3.8) is 0 Å². The molecule has 0 aliphatic carbocycles. The third-order valence-corrected chi connectivity index (χ3v) is 4.55. The van der Waals surface area contributed by atoms with Crippen LogP contribution in [0.15, 0.2) is 18.3 Å². The van der Waals surface area contributed by atoms with Crippen LogP contribution in [-0.4, -0.2) is 43.7 Å². The molecule has 0 saturated carbocycles. The molecule has 1 saturated heterocycles. The molecular formula is C17H26N4O. The minimum Gasteiger partial charge on any atom is -0.396 e. The normalized spacial score (nSPS) is 20.1. The van der Waals surface area contributed by atoms with E-state index in [4.69, 9.17) is 4.98 Å². The van der Waals surface area contributed by atoms with Gasteiger partial charge in [-0.25, -0.2) is 9.97 Å². The molecule has 1 N–H and O–H groups in total. The monoisotopic (exact) mass is 302 g/mol. The second-order valence-electron chi connectivity index (χ2n) is 6.38. The van der Waals surface area contributed by atoms with Crippen molar-refractivity contribution in [3.8, 4) is 0 Å². The van der Waals surface area contributed by atoms with Crippen molar-refractivity contribution in [3.05, 3.63) is 24.2 Å². The first-order chi connectivity index (χ1) is 10.7. The molecule has 3 heterocycles. The maximum atomic E-state index is 9.18. The van der Waals surface area contributed by atoms with E-state index >= 15 is 0 Å². The molecule has 5 heteroatoms. The van der Waals surface area contributed by atoms with E-state index in [0.717, 1.165) is 42.8 Å². The summed E-state index contributed by atoms with van der Waals surface area (Å²) < 4.78 is 2.32. The highest BCUT2D eigenvalue weighted by atomic mass is 16.2. The zero-order chi connectivity index (χ0) is 15.5. The highest BCUT2D eigenvalue weighted by Gasteiger charge is 2.29. The average molecular weight is 302 g/mol. The number of aliphatic hydroxyl groups is 1. The van der Waals surface area contributed by atoms with Crippen LogP contribution < -0.4 is 0 Å². The number of pyridine rings is 1. The lowest BCUT2D eigenvalue weighted by Crippen LogP contribution is -2.41. The SMILES string of the molecule is CC(C)N1CCCCC1n1c(CCCO)nc2cccnc21. The van der Waals surface area contributed by atoms with Crippen LogP contribution >= 0.6 is 0 Å². The van der Waals surface area contributed by atoms with Gasteiger partial charge in [0, 0.05) is 31.8 Å². The molecule has 0 bridgehead atoms. The minimum atomic E-state index is 0.204. The Kier molecular flexibility index (Phi) is 4.74. The molecule has 2 aromatic rings. The van der Waals surface area contributed by atoms with Gasteiger partial charge in [-0.2, -0.15) is 0 Å². The van der Waals surface area contributed by atoms with Crippen molar-refractivity contribution in [1.29, 1.82) is 0 Å². The first kappa shape index (κ1) is 15.4. The predicted octanol–water partition coefficient (Wildman–Crippen LogP) is 2.75. The zero-order valence-electron chi connectivity index (χ0n) is 13.6. The molecule has 2 aromatic heterocycles. The number of likely N-dealkylation sites (tertiary alicyclic amines) is 1. The number of fused-ring (bicyclic) bond motifs is 1. The first-order valence-electron chi connectivity index (χ1n) is 8.41. The Bertz CT molecular complexity index is 622. The van der Waals surface area contributed by atoms with Gasteiger partial charge in [0.25, 0.3) is 0 Å². The van der Waals surface area contributed by atoms with Crippen LogP contribution in [0.25, 0.3) is 11.2 Å². The molecule has 1 aliphatic rings. The van der Waals surface area contributed by atoms with Gasteiger partial charge in [-0.05, 0) is 51.7 Å². The van der Waals surface area contributed by atoms with E-state index < -0.39 is 0 Å². The maximum Gasteiger partial charge on any atom is 0.161 e. The third-order valence-electron chi connectivity index (χ3n) is 4.55. The van der Waals surface area contributed by atoms with E-state index in [1.54, 1.807) is 0 Å². The van der Waals surface area contributed by atoms with Crippen LogP contribution in [0.4, 0.5) is 0 Å². The number of aryl methyl sites for hydroxylation is 1. The molecule has 120 valence electrons. The summed E-state index contributed by atoms with van der Waals surface area (Å²) in [7, 11) is 0. The second-order valence-corrected chi connectivity index (χ2v) is 6.38. The van der Waals surface area contributed by atoms with Gasteiger partial charge < -0.3 is 5.11 Å². The van der Waals surface area contributed by atoms with Gasteiger partial charge in [0.05, 0.1) is 6.17 Å². The summed E-state index contributed by atoms with van der Waals surface area (Å²) >= 11 is 0. The first-order valence-corrected chi connectivity index (χ1v) is 8.41. The van der Waals surface area contributed by atoms with Crippen LogP contribution in [0, 0.1) is 0 Å². The number of hydrogen-bond donors (Lipinski definition) is 1. The molecule has 5 nitrogen and oxygen atoms in total.